The minimum absolute atomic E-state index is 0.234. The number of piperidine rings is 1. The Hall–Kier alpha value is -0.620. The highest BCUT2D eigenvalue weighted by molar-refractivity contribution is 7.92. The Morgan fingerprint density at radius 1 is 1.44 bits per heavy atom. The van der Waals surface area contributed by atoms with Crippen LogP contribution in [-0.4, -0.2) is 44.5 Å². The molecule has 2 N–H and O–H groups in total. The Labute approximate surface area is 110 Å². The van der Waals surface area contributed by atoms with Crippen molar-refractivity contribution in [2.75, 3.05) is 19.3 Å². The van der Waals surface area contributed by atoms with E-state index in [0.29, 0.717) is 12.5 Å². The summed E-state index contributed by atoms with van der Waals surface area (Å²) in [6.07, 6.45) is 3.39. The maximum absolute atomic E-state index is 11.9. The molecule has 0 saturated carbocycles. The van der Waals surface area contributed by atoms with Crippen LogP contribution < -0.4 is 10.6 Å². The third-order valence-electron chi connectivity index (χ3n) is 3.89. The van der Waals surface area contributed by atoms with Gasteiger partial charge in [0.15, 0.2) is 9.84 Å². The molecule has 1 saturated heterocycles. The molecular weight excluding hydrogens is 252 g/mol. The summed E-state index contributed by atoms with van der Waals surface area (Å²) < 4.78 is 21.7. The fourth-order valence-corrected chi connectivity index (χ4v) is 2.38. The zero-order valence-electron chi connectivity index (χ0n) is 11.6. The maximum atomic E-state index is 11.9. The summed E-state index contributed by atoms with van der Waals surface area (Å²) in [6.45, 7) is 6.47. The number of sulfone groups is 1. The second-order valence-corrected chi connectivity index (χ2v) is 8.24. The van der Waals surface area contributed by atoms with Gasteiger partial charge in [0.05, 0.1) is 0 Å². The third kappa shape index (κ3) is 3.45. The molecule has 0 aliphatic carbocycles. The first kappa shape index (κ1) is 15.4. The van der Waals surface area contributed by atoms with Gasteiger partial charge in [0.1, 0.15) is 4.75 Å². The molecule has 106 valence electrons. The highest BCUT2D eigenvalue weighted by Crippen LogP contribution is 2.17. The van der Waals surface area contributed by atoms with E-state index in [1.165, 1.54) is 13.8 Å². The first-order chi connectivity index (χ1) is 8.16. The van der Waals surface area contributed by atoms with Crippen molar-refractivity contribution in [1.82, 2.24) is 10.6 Å². The SMILES string of the molecule is CC1CCCNC1CNC(=O)C(C)(C)S(C)(=O)=O. The van der Waals surface area contributed by atoms with E-state index in [4.69, 9.17) is 0 Å². The van der Waals surface area contributed by atoms with Crippen LogP contribution in [0.5, 0.6) is 0 Å². The summed E-state index contributed by atoms with van der Waals surface area (Å²) in [5, 5.41) is 6.10. The molecule has 1 fully saturated rings. The van der Waals surface area contributed by atoms with Crippen molar-refractivity contribution in [3.05, 3.63) is 0 Å². The molecule has 0 radical (unpaired) electrons. The van der Waals surface area contributed by atoms with Gasteiger partial charge in [-0.3, -0.25) is 4.79 Å². The summed E-state index contributed by atoms with van der Waals surface area (Å²) in [5.41, 5.74) is 0. The van der Waals surface area contributed by atoms with Gasteiger partial charge in [0.2, 0.25) is 5.91 Å². The Kier molecular flexibility index (Phi) is 4.78. The molecule has 0 aromatic rings. The van der Waals surface area contributed by atoms with Crippen LogP contribution in [0, 0.1) is 5.92 Å². The molecule has 1 heterocycles. The first-order valence-electron chi connectivity index (χ1n) is 6.37. The Bertz CT molecular complexity index is 404. The van der Waals surface area contributed by atoms with Gasteiger partial charge in [0.25, 0.3) is 0 Å². The second kappa shape index (κ2) is 5.57. The number of rotatable bonds is 4. The number of amides is 1. The molecule has 18 heavy (non-hydrogen) atoms. The van der Waals surface area contributed by atoms with Crippen LogP contribution in [0.2, 0.25) is 0 Å². The van der Waals surface area contributed by atoms with Gasteiger partial charge in [0, 0.05) is 18.8 Å². The predicted octanol–water partition coefficient (Wildman–Crippen LogP) is 0.314. The quantitative estimate of drug-likeness (QED) is 0.775. The number of carbonyl (C=O) groups is 1. The standard InChI is InChI=1S/C12H24N2O3S/c1-9-6-5-7-13-10(9)8-14-11(15)12(2,3)18(4,16)17/h9-10,13H,5-8H2,1-4H3,(H,14,15). The Morgan fingerprint density at radius 2 is 2.06 bits per heavy atom. The molecule has 1 aliphatic rings. The van der Waals surface area contributed by atoms with E-state index in [0.717, 1.165) is 25.6 Å². The fraction of sp³-hybridized carbons (Fsp3) is 0.917. The Balaban J connectivity index is 2.56. The molecule has 0 aromatic heterocycles. The van der Waals surface area contributed by atoms with Crippen molar-refractivity contribution in [2.45, 2.75) is 44.4 Å². The van der Waals surface area contributed by atoms with E-state index in [2.05, 4.69) is 17.6 Å². The zero-order valence-corrected chi connectivity index (χ0v) is 12.4. The molecule has 1 rings (SSSR count). The lowest BCUT2D eigenvalue weighted by molar-refractivity contribution is -0.123. The highest BCUT2D eigenvalue weighted by Gasteiger charge is 2.38. The van der Waals surface area contributed by atoms with Gasteiger partial charge in [-0.1, -0.05) is 6.92 Å². The predicted molar refractivity (Wildman–Crippen MR) is 72.1 cm³/mol. The highest BCUT2D eigenvalue weighted by atomic mass is 32.2. The van der Waals surface area contributed by atoms with Crippen molar-refractivity contribution in [1.29, 1.82) is 0 Å². The minimum atomic E-state index is -3.40. The van der Waals surface area contributed by atoms with Crippen molar-refractivity contribution in [3.63, 3.8) is 0 Å². The zero-order chi connectivity index (χ0) is 14.0. The lowest BCUT2D eigenvalue weighted by Crippen LogP contribution is -2.53. The first-order valence-corrected chi connectivity index (χ1v) is 8.26. The Morgan fingerprint density at radius 3 is 2.56 bits per heavy atom. The van der Waals surface area contributed by atoms with Gasteiger partial charge >= 0.3 is 0 Å². The van der Waals surface area contributed by atoms with E-state index in [-0.39, 0.29) is 6.04 Å². The topological polar surface area (TPSA) is 75.3 Å². The van der Waals surface area contributed by atoms with Crippen LogP contribution in [0.3, 0.4) is 0 Å². The average Bonchev–Trinajstić information content (AvgIpc) is 2.26. The van der Waals surface area contributed by atoms with E-state index < -0.39 is 20.5 Å². The summed E-state index contributed by atoms with van der Waals surface area (Å²) in [5.74, 6) is 0.0740. The van der Waals surface area contributed by atoms with E-state index in [9.17, 15) is 13.2 Å². The molecule has 0 aromatic carbocycles. The smallest absolute Gasteiger partial charge is 0.240 e. The summed E-state index contributed by atoms with van der Waals surface area (Å²) in [6, 6.07) is 0.234. The monoisotopic (exact) mass is 276 g/mol. The number of nitrogens with one attached hydrogen (secondary N) is 2. The summed E-state index contributed by atoms with van der Waals surface area (Å²) in [4.78, 5) is 11.9. The van der Waals surface area contributed by atoms with Crippen LogP contribution in [-0.2, 0) is 14.6 Å². The van der Waals surface area contributed by atoms with Crippen molar-refractivity contribution in [2.24, 2.45) is 5.92 Å². The molecule has 1 aliphatic heterocycles. The van der Waals surface area contributed by atoms with Crippen LogP contribution in [0.25, 0.3) is 0 Å². The van der Waals surface area contributed by atoms with Crippen LogP contribution in [0.15, 0.2) is 0 Å². The molecule has 0 bridgehead atoms. The maximum Gasteiger partial charge on any atom is 0.240 e. The van der Waals surface area contributed by atoms with Crippen LogP contribution >= 0.6 is 0 Å². The van der Waals surface area contributed by atoms with Crippen molar-refractivity contribution >= 4 is 15.7 Å². The summed E-state index contributed by atoms with van der Waals surface area (Å²) in [7, 11) is -3.40. The lowest BCUT2D eigenvalue weighted by atomic mass is 9.92. The van der Waals surface area contributed by atoms with Crippen molar-refractivity contribution < 1.29 is 13.2 Å². The molecule has 6 heteroatoms. The second-order valence-electron chi connectivity index (χ2n) is 5.67. The molecule has 0 spiro atoms. The van der Waals surface area contributed by atoms with E-state index >= 15 is 0 Å². The molecule has 5 nitrogen and oxygen atoms in total. The number of hydrogen-bond acceptors (Lipinski definition) is 4. The molecule has 1 amide bonds. The summed E-state index contributed by atoms with van der Waals surface area (Å²) >= 11 is 0. The number of carbonyl (C=O) groups excluding carboxylic acids is 1. The fourth-order valence-electron chi connectivity index (χ4n) is 1.97. The van der Waals surface area contributed by atoms with Crippen molar-refractivity contribution in [3.8, 4) is 0 Å². The molecule has 2 atom stereocenters. The van der Waals surface area contributed by atoms with Gasteiger partial charge in [-0.2, -0.15) is 0 Å². The van der Waals surface area contributed by atoms with E-state index in [1.807, 2.05) is 0 Å². The van der Waals surface area contributed by atoms with E-state index in [1.54, 1.807) is 0 Å². The van der Waals surface area contributed by atoms with Gasteiger partial charge in [-0.05, 0) is 39.2 Å². The molecule has 2 unspecified atom stereocenters. The normalized spacial score (nSPS) is 25.8. The third-order valence-corrected chi connectivity index (χ3v) is 5.93. The molecular formula is C12H24N2O3S. The average molecular weight is 276 g/mol. The largest absolute Gasteiger partial charge is 0.353 e. The van der Waals surface area contributed by atoms with Gasteiger partial charge < -0.3 is 10.6 Å². The minimum Gasteiger partial charge on any atom is -0.353 e. The van der Waals surface area contributed by atoms with Gasteiger partial charge in [-0.25, -0.2) is 8.42 Å². The van der Waals surface area contributed by atoms with Crippen LogP contribution in [0.4, 0.5) is 0 Å². The lowest BCUT2D eigenvalue weighted by Gasteiger charge is -2.31. The van der Waals surface area contributed by atoms with Gasteiger partial charge in [-0.15, -0.1) is 0 Å². The van der Waals surface area contributed by atoms with Crippen LogP contribution in [0.1, 0.15) is 33.6 Å². The number of hydrogen-bond donors (Lipinski definition) is 2.